The molecule has 1 nitrogen and oxygen atoms in total. The van der Waals surface area contributed by atoms with Gasteiger partial charge in [-0.25, -0.2) is 0 Å². The van der Waals surface area contributed by atoms with E-state index in [9.17, 15) is 79.0 Å². The predicted octanol–water partition coefficient (Wildman–Crippen LogP) is 6.92. The van der Waals surface area contributed by atoms with Crippen LogP contribution in [0, 0.1) is 0 Å². The minimum Gasteiger partial charge on any atom is -0.175 e. The van der Waals surface area contributed by atoms with Crippen molar-refractivity contribution in [3.63, 3.8) is 0 Å². The van der Waals surface area contributed by atoms with Crippen molar-refractivity contribution < 1.29 is 83.6 Å². The molecule has 0 aliphatic rings. The lowest BCUT2D eigenvalue weighted by Crippen LogP contribution is -2.69. The maximum absolute atomic E-state index is 12.4. The zero-order valence-electron chi connectivity index (χ0n) is 11.2. The second-order valence-electron chi connectivity index (χ2n) is 4.28. The minimum absolute atomic E-state index is 1.17. The Bertz CT molecular complexity index is 403. The summed E-state index contributed by atoms with van der Waals surface area (Å²) in [4.78, 5) is 0. The molecule has 0 spiro atoms. The van der Waals surface area contributed by atoms with E-state index in [1.54, 1.807) is 0 Å². The van der Waals surface area contributed by atoms with Crippen LogP contribution in [0.1, 0.15) is 0 Å². The molecule has 0 heterocycles. The van der Waals surface area contributed by atoms with Crippen LogP contribution in [0.4, 0.5) is 79.0 Å². The molecule has 164 valence electrons. The van der Waals surface area contributed by atoms with Gasteiger partial charge in [0.15, 0.2) is 0 Å². The number of hydrogen-bond donors (Lipinski definition) is 0. The molecule has 0 aromatic carbocycles. The number of halogens is 18. The van der Waals surface area contributed by atoms with Crippen molar-refractivity contribution in [1.82, 2.24) is 0 Å². The topological polar surface area (TPSA) is 9.23 Å². The van der Waals surface area contributed by atoms with E-state index < -0.39 is 49.4 Å². The summed E-state index contributed by atoms with van der Waals surface area (Å²) in [5.41, 5.74) is -8.44. The Morgan fingerprint density at radius 2 is 0.556 bits per heavy atom. The summed E-state index contributed by atoms with van der Waals surface area (Å²) >= 11 is 0. The van der Waals surface area contributed by atoms with Gasteiger partial charge in [-0.3, -0.25) is 0 Å². The molecule has 0 atom stereocenters. The van der Waals surface area contributed by atoms with Crippen molar-refractivity contribution >= 4 is 7.49 Å². The fourth-order valence-corrected chi connectivity index (χ4v) is 3.32. The molecule has 0 fully saturated rings. The van der Waals surface area contributed by atoms with Crippen LogP contribution in [0.25, 0.3) is 0 Å². The highest BCUT2D eigenvalue weighted by Gasteiger charge is 3.02. The highest BCUT2D eigenvalue weighted by molar-refractivity contribution is 7.74. The number of rotatable bonds is 2. The first kappa shape index (κ1) is 26.1. The summed E-state index contributed by atoms with van der Waals surface area (Å²) in [6.07, 6.45) is -24.8. The van der Waals surface area contributed by atoms with Gasteiger partial charge in [-0.1, -0.05) is 0 Å². The Hall–Kier alpha value is -0.870. The fraction of sp³-hybridized carbons (Fsp3) is 1.00. The third-order valence-corrected chi connectivity index (χ3v) is 5.23. The van der Waals surface area contributed by atoms with Gasteiger partial charge in [-0.2, -0.15) is 44.0 Å². The summed E-state index contributed by atoms with van der Waals surface area (Å²) in [6.45, 7) is 0. The van der Waals surface area contributed by atoms with Crippen LogP contribution in [0.2, 0.25) is 0 Å². The normalized spacial score (nSPS) is 16.7. The Balaban J connectivity index is 7.45. The standard InChI is InChI=1S/C7F18OP/c8-2(9,10)1(3(11,12)13,4(14,15)16)26-27(5(17,18)19,6(20,21)22)7(23,24)25/q+1. The fourth-order valence-electron chi connectivity index (χ4n) is 1.43. The van der Waals surface area contributed by atoms with Gasteiger partial charge >= 0.3 is 49.4 Å². The lowest BCUT2D eigenvalue weighted by molar-refractivity contribution is -0.440. The van der Waals surface area contributed by atoms with Crippen LogP contribution in [-0.2, 0) is 4.52 Å². The first-order valence-electron chi connectivity index (χ1n) is 5.21. The second-order valence-corrected chi connectivity index (χ2v) is 7.20. The zero-order chi connectivity index (χ0) is 22.7. The monoisotopic (exact) mass is 473 g/mol. The van der Waals surface area contributed by atoms with E-state index in [0.29, 0.717) is 0 Å². The van der Waals surface area contributed by atoms with Crippen molar-refractivity contribution in [2.45, 2.75) is 41.9 Å². The van der Waals surface area contributed by atoms with Gasteiger partial charge in [0, 0.05) is 0 Å². The molecule has 0 rings (SSSR count). The molecule has 0 N–H and O–H groups in total. The van der Waals surface area contributed by atoms with Gasteiger partial charge in [0.25, 0.3) is 0 Å². The molecule has 20 heteroatoms. The van der Waals surface area contributed by atoms with E-state index in [-0.39, 0.29) is 0 Å². The minimum atomic E-state index is -10.1. The predicted molar refractivity (Wildman–Crippen MR) is 47.1 cm³/mol. The average Bonchev–Trinajstić information content (AvgIpc) is 2.16. The highest BCUT2D eigenvalue weighted by Crippen LogP contribution is 2.90. The van der Waals surface area contributed by atoms with Gasteiger partial charge < -0.3 is 0 Å². The van der Waals surface area contributed by atoms with E-state index >= 15 is 0 Å². The van der Waals surface area contributed by atoms with E-state index in [4.69, 9.17) is 0 Å². The van der Waals surface area contributed by atoms with Gasteiger partial charge in [0.2, 0.25) is 0 Å². The molecular weight excluding hydrogens is 473 g/mol. The first-order valence-corrected chi connectivity index (χ1v) is 6.92. The van der Waals surface area contributed by atoms with E-state index in [1.807, 2.05) is 0 Å². The summed E-state index contributed by atoms with van der Waals surface area (Å²) in [5.74, 6) is -24.5. The lowest BCUT2D eigenvalue weighted by atomic mass is 10.0. The van der Waals surface area contributed by atoms with Crippen LogP contribution in [0.5, 0.6) is 0 Å². The molecule has 0 aromatic rings. The summed E-state index contributed by atoms with van der Waals surface area (Å²) in [6, 6.07) is 0. The van der Waals surface area contributed by atoms with Gasteiger partial charge in [-0.15, -0.1) is 39.5 Å². The summed E-state index contributed by atoms with van der Waals surface area (Å²) in [5, 5.41) is 0. The Labute approximate surface area is 134 Å². The quantitative estimate of drug-likeness (QED) is 0.313. The van der Waals surface area contributed by atoms with Crippen molar-refractivity contribution in [1.29, 1.82) is 0 Å². The first-order chi connectivity index (χ1) is 11.2. The maximum Gasteiger partial charge on any atom is 0.558 e. The molecule has 0 amide bonds. The zero-order valence-corrected chi connectivity index (χ0v) is 12.1. The largest absolute Gasteiger partial charge is 0.558 e. The molecule has 0 saturated carbocycles. The van der Waals surface area contributed by atoms with Crippen LogP contribution in [0.3, 0.4) is 0 Å². The Morgan fingerprint density at radius 1 is 0.370 bits per heavy atom. The van der Waals surface area contributed by atoms with E-state index in [1.165, 1.54) is 4.52 Å². The number of hydrogen-bond acceptors (Lipinski definition) is 1. The third kappa shape index (κ3) is 3.85. The van der Waals surface area contributed by atoms with Gasteiger partial charge in [-0.05, 0) is 0 Å². The summed E-state index contributed by atoms with van der Waals surface area (Å²) < 4.78 is 225. The van der Waals surface area contributed by atoms with Crippen molar-refractivity contribution in [3.05, 3.63) is 0 Å². The maximum atomic E-state index is 12.4. The molecule has 0 saturated heterocycles. The Kier molecular flexibility index (Phi) is 6.11. The molecule has 0 aliphatic heterocycles. The molecule has 0 radical (unpaired) electrons. The van der Waals surface area contributed by atoms with Crippen LogP contribution in [0.15, 0.2) is 0 Å². The van der Waals surface area contributed by atoms with Gasteiger partial charge in [0.05, 0.1) is 0 Å². The van der Waals surface area contributed by atoms with E-state index in [0.717, 1.165) is 0 Å². The molecular formula is C7F18OP+. The van der Waals surface area contributed by atoms with Crippen LogP contribution < -0.4 is 0 Å². The third-order valence-electron chi connectivity index (χ3n) is 2.54. The van der Waals surface area contributed by atoms with Crippen LogP contribution >= 0.6 is 7.49 Å². The molecule has 0 aromatic heterocycles. The lowest BCUT2D eigenvalue weighted by Gasteiger charge is -2.40. The van der Waals surface area contributed by atoms with E-state index in [2.05, 4.69) is 0 Å². The summed E-state index contributed by atoms with van der Waals surface area (Å²) in [7, 11) is -10.1. The molecule has 0 unspecified atom stereocenters. The second kappa shape index (κ2) is 6.32. The average molecular weight is 473 g/mol. The van der Waals surface area contributed by atoms with Crippen LogP contribution in [-0.4, -0.2) is 41.9 Å². The Morgan fingerprint density at radius 3 is 0.667 bits per heavy atom. The van der Waals surface area contributed by atoms with Gasteiger partial charge in [0.1, 0.15) is 0 Å². The van der Waals surface area contributed by atoms with Crippen molar-refractivity contribution in [3.8, 4) is 0 Å². The highest BCUT2D eigenvalue weighted by atomic mass is 31.2. The molecule has 0 bridgehead atoms. The smallest absolute Gasteiger partial charge is 0.175 e. The van der Waals surface area contributed by atoms with Crippen molar-refractivity contribution in [2.24, 2.45) is 0 Å². The SMILES string of the molecule is FC(F)(F)C(O[P+](C(F)(F)F)(C(F)(F)F)C(F)(F)F)(C(F)(F)F)C(F)(F)F. The molecule has 0 aliphatic carbocycles. The van der Waals surface area contributed by atoms with Crippen molar-refractivity contribution in [2.75, 3.05) is 0 Å². The number of alkyl halides is 18. The molecule has 27 heavy (non-hydrogen) atoms.